The van der Waals surface area contributed by atoms with Crippen molar-refractivity contribution in [2.75, 3.05) is 16.8 Å². The van der Waals surface area contributed by atoms with Crippen LogP contribution in [-0.4, -0.2) is 29.4 Å². The SMILES string of the molecule is Cc1cccc(NC(=O)CCN2C(=O)[C@@H](C)Oc3ccccc32)n1. The number of nitrogens with one attached hydrogen (secondary N) is 1. The third-order valence-electron chi connectivity index (χ3n) is 3.79. The minimum Gasteiger partial charge on any atom is -0.479 e. The molecule has 124 valence electrons. The van der Waals surface area contributed by atoms with E-state index in [1.165, 1.54) is 0 Å². The Kier molecular flexibility index (Phi) is 4.46. The Morgan fingerprint density at radius 2 is 2.04 bits per heavy atom. The van der Waals surface area contributed by atoms with Crippen molar-refractivity contribution in [1.29, 1.82) is 0 Å². The van der Waals surface area contributed by atoms with Gasteiger partial charge in [0.2, 0.25) is 5.91 Å². The first-order chi connectivity index (χ1) is 11.5. The highest BCUT2D eigenvalue weighted by Gasteiger charge is 2.31. The zero-order chi connectivity index (χ0) is 17.1. The number of anilines is 2. The summed E-state index contributed by atoms with van der Waals surface area (Å²) >= 11 is 0. The highest BCUT2D eigenvalue weighted by molar-refractivity contribution is 6.00. The van der Waals surface area contributed by atoms with E-state index in [1.807, 2.05) is 43.3 Å². The van der Waals surface area contributed by atoms with Crippen molar-refractivity contribution < 1.29 is 14.3 Å². The molecule has 0 aliphatic carbocycles. The van der Waals surface area contributed by atoms with Crippen molar-refractivity contribution in [2.24, 2.45) is 0 Å². The molecule has 3 rings (SSSR count). The van der Waals surface area contributed by atoms with Gasteiger partial charge in [-0.2, -0.15) is 0 Å². The topological polar surface area (TPSA) is 71.5 Å². The molecule has 0 unspecified atom stereocenters. The summed E-state index contributed by atoms with van der Waals surface area (Å²) in [6.45, 7) is 3.86. The van der Waals surface area contributed by atoms with E-state index in [2.05, 4.69) is 10.3 Å². The van der Waals surface area contributed by atoms with E-state index >= 15 is 0 Å². The fourth-order valence-electron chi connectivity index (χ4n) is 2.62. The van der Waals surface area contributed by atoms with Crippen LogP contribution in [0.15, 0.2) is 42.5 Å². The van der Waals surface area contributed by atoms with Crippen LogP contribution >= 0.6 is 0 Å². The fourth-order valence-corrected chi connectivity index (χ4v) is 2.62. The molecule has 1 N–H and O–H groups in total. The number of benzene rings is 1. The van der Waals surface area contributed by atoms with Crippen LogP contribution in [0.25, 0.3) is 0 Å². The first-order valence-electron chi connectivity index (χ1n) is 7.85. The Balaban J connectivity index is 1.67. The lowest BCUT2D eigenvalue weighted by Gasteiger charge is -2.32. The van der Waals surface area contributed by atoms with Gasteiger partial charge in [0.25, 0.3) is 5.91 Å². The quantitative estimate of drug-likeness (QED) is 0.937. The largest absolute Gasteiger partial charge is 0.479 e. The van der Waals surface area contributed by atoms with Crippen molar-refractivity contribution in [3.8, 4) is 5.75 Å². The van der Waals surface area contributed by atoms with Gasteiger partial charge in [-0.25, -0.2) is 4.98 Å². The molecular weight excluding hydrogens is 306 g/mol. The van der Waals surface area contributed by atoms with Crippen molar-refractivity contribution in [3.63, 3.8) is 0 Å². The number of nitrogens with zero attached hydrogens (tertiary/aromatic N) is 2. The molecule has 0 saturated carbocycles. The van der Waals surface area contributed by atoms with E-state index in [1.54, 1.807) is 17.9 Å². The van der Waals surface area contributed by atoms with E-state index in [9.17, 15) is 9.59 Å². The zero-order valence-corrected chi connectivity index (χ0v) is 13.7. The fraction of sp³-hybridized carbons (Fsp3) is 0.278. The molecule has 0 saturated heterocycles. The number of aromatic nitrogens is 1. The molecule has 6 heteroatoms. The van der Waals surface area contributed by atoms with Crippen LogP contribution in [0.1, 0.15) is 19.0 Å². The highest BCUT2D eigenvalue weighted by Crippen LogP contribution is 2.33. The summed E-state index contributed by atoms with van der Waals surface area (Å²) in [6, 6.07) is 12.8. The smallest absolute Gasteiger partial charge is 0.267 e. The van der Waals surface area contributed by atoms with Gasteiger partial charge in [-0.1, -0.05) is 18.2 Å². The molecule has 0 fully saturated rings. The number of fused-ring (bicyclic) bond motifs is 1. The van der Waals surface area contributed by atoms with Crippen molar-refractivity contribution >= 4 is 23.3 Å². The number of hydrogen-bond acceptors (Lipinski definition) is 4. The summed E-state index contributed by atoms with van der Waals surface area (Å²) in [5.41, 5.74) is 1.53. The number of aryl methyl sites for hydroxylation is 1. The van der Waals surface area contributed by atoms with Gasteiger partial charge in [0.1, 0.15) is 11.6 Å². The predicted octanol–water partition coefficient (Wildman–Crippen LogP) is 2.53. The maximum absolute atomic E-state index is 12.4. The lowest BCUT2D eigenvalue weighted by molar-refractivity contribution is -0.125. The van der Waals surface area contributed by atoms with Crippen LogP contribution in [-0.2, 0) is 9.59 Å². The number of hydrogen-bond donors (Lipinski definition) is 1. The maximum atomic E-state index is 12.4. The van der Waals surface area contributed by atoms with E-state index < -0.39 is 6.10 Å². The van der Waals surface area contributed by atoms with E-state index in [4.69, 9.17) is 4.74 Å². The standard InChI is InChI=1S/C18H19N3O3/c1-12-6-5-9-16(19-12)20-17(22)10-11-21-14-7-3-4-8-15(14)24-13(2)18(21)23/h3-9,13H,10-11H2,1-2H3,(H,19,20,22)/t13-/m1/s1. The molecule has 1 aliphatic heterocycles. The molecule has 1 aromatic heterocycles. The molecular formula is C18H19N3O3. The average Bonchev–Trinajstić information content (AvgIpc) is 2.55. The molecule has 1 atom stereocenters. The molecule has 2 amide bonds. The van der Waals surface area contributed by atoms with Gasteiger partial charge in [-0.15, -0.1) is 0 Å². The average molecular weight is 325 g/mol. The van der Waals surface area contributed by atoms with Gasteiger partial charge in [0, 0.05) is 18.7 Å². The normalized spacial score (nSPS) is 16.3. The second-order valence-electron chi connectivity index (χ2n) is 5.68. The van der Waals surface area contributed by atoms with E-state index in [0.717, 1.165) is 5.69 Å². The van der Waals surface area contributed by atoms with Crippen LogP contribution in [0.4, 0.5) is 11.5 Å². The van der Waals surface area contributed by atoms with Crippen LogP contribution in [0.3, 0.4) is 0 Å². The maximum Gasteiger partial charge on any atom is 0.267 e. The Labute approximate surface area is 140 Å². The summed E-state index contributed by atoms with van der Waals surface area (Å²) in [5, 5.41) is 2.75. The number of para-hydroxylation sites is 2. The van der Waals surface area contributed by atoms with E-state index in [0.29, 0.717) is 23.8 Å². The lowest BCUT2D eigenvalue weighted by atomic mass is 10.1. The molecule has 1 aliphatic rings. The van der Waals surface area contributed by atoms with Crippen LogP contribution in [0, 0.1) is 6.92 Å². The number of amides is 2. The number of rotatable bonds is 4. The Hall–Kier alpha value is -2.89. The third kappa shape index (κ3) is 3.37. The summed E-state index contributed by atoms with van der Waals surface area (Å²) < 4.78 is 5.59. The van der Waals surface area contributed by atoms with Gasteiger partial charge in [-0.3, -0.25) is 9.59 Å². The Morgan fingerprint density at radius 1 is 1.25 bits per heavy atom. The van der Waals surface area contributed by atoms with Crippen LogP contribution in [0.2, 0.25) is 0 Å². The second-order valence-corrected chi connectivity index (χ2v) is 5.68. The third-order valence-corrected chi connectivity index (χ3v) is 3.79. The minimum absolute atomic E-state index is 0.143. The Bertz CT molecular complexity index is 776. The number of carbonyl (C=O) groups is 2. The number of carbonyl (C=O) groups excluding carboxylic acids is 2. The van der Waals surface area contributed by atoms with Gasteiger partial charge < -0.3 is 15.0 Å². The molecule has 6 nitrogen and oxygen atoms in total. The number of pyridine rings is 1. The van der Waals surface area contributed by atoms with Gasteiger partial charge in [0.05, 0.1) is 5.69 Å². The molecule has 0 bridgehead atoms. The van der Waals surface area contributed by atoms with Crippen molar-refractivity contribution in [1.82, 2.24) is 4.98 Å². The molecule has 2 aromatic rings. The zero-order valence-electron chi connectivity index (χ0n) is 13.7. The van der Waals surface area contributed by atoms with E-state index in [-0.39, 0.29) is 18.2 Å². The van der Waals surface area contributed by atoms with Gasteiger partial charge >= 0.3 is 0 Å². The molecule has 24 heavy (non-hydrogen) atoms. The first-order valence-corrected chi connectivity index (χ1v) is 7.85. The van der Waals surface area contributed by atoms with Crippen molar-refractivity contribution in [2.45, 2.75) is 26.4 Å². The lowest BCUT2D eigenvalue weighted by Crippen LogP contribution is -2.45. The molecule has 0 spiro atoms. The van der Waals surface area contributed by atoms with Crippen molar-refractivity contribution in [3.05, 3.63) is 48.2 Å². The summed E-state index contributed by atoms with van der Waals surface area (Å²) in [4.78, 5) is 30.3. The summed E-state index contributed by atoms with van der Waals surface area (Å²) in [5.74, 6) is 0.847. The summed E-state index contributed by atoms with van der Waals surface area (Å²) in [6.07, 6.45) is -0.371. The predicted molar refractivity (Wildman–Crippen MR) is 91.1 cm³/mol. The monoisotopic (exact) mass is 325 g/mol. The summed E-state index contributed by atoms with van der Waals surface area (Å²) in [7, 11) is 0. The van der Waals surface area contributed by atoms with Crippen LogP contribution < -0.4 is 15.0 Å². The van der Waals surface area contributed by atoms with Gasteiger partial charge in [-0.05, 0) is 38.1 Å². The Morgan fingerprint density at radius 3 is 2.83 bits per heavy atom. The molecule has 1 aromatic carbocycles. The van der Waals surface area contributed by atoms with Crippen LogP contribution in [0.5, 0.6) is 5.75 Å². The van der Waals surface area contributed by atoms with Gasteiger partial charge in [0.15, 0.2) is 6.10 Å². The minimum atomic E-state index is -0.554. The molecule has 0 radical (unpaired) electrons. The molecule has 2 heterocycles. The highest BCUT2D eigenvalue weighted by atomic mass is 16.5. The number of ether oxygens (including phenoxy) is 1. The second kappa shape index (κ2) is 6.70. The first kappa shape index (κ1) is 16.0.